The summed E-state index contributed by atoms with van der Waals surface area (Å²) in [5.41, 5.74) is 8.45. The molecule has 292 valence electrons. The Labute approximate surface area is 359 Å². The predicted octanol–water partition coefficient (Wildman–Crippen LogP) is 6.26. The normalized spacial score (nSPS) is 14.0. The third-order valence-corrected chi connectivity index (χ3v) is 9.55. The number of allylic oxidation sites excluding steroid dienone is 4. The van der Waals surface area contributed by atoms with Crippen LogP contribution in [0.2, 0.25) is 0 Å². The van der Waals surface area contributed by atoms with Crippen LogP contribution in [0.1, 0.15) is 60.1 Å². The van der Waals surface area contributed by atoms with Crippen LogP contribution in [0.15, 0.2) is 71.8 Å². The van der Waals surface area contributed by atoms with Crippen molar-refractivity contribution in [2.24, 2.45) is 0 Å². The Kier molecular flexibility index (Phi) is 15.0. The van der Waals surface area contributed by atoms with Crippen molar-refractivity contribution in [3.05, 3.63) is 117 Å². The summed E-state index contributed by atoms with van der Waals surface area (Å²) in [6.07, 6.45) is 3.21. The number of carbonyl (C=O) groups is 2. The molecule has 0 atom stereocenters. The average Bonchev–Trinajstić information content (AvgIpc) is 3.57. The molecule has 4 aromatic carbocycles. The standard InChI is InChI=1S/2C22H21FO5.Ca/c2*1-12-16(7-13-8-19(26-2)22(28-4)20(9-13)27-3)15-6-5-14(23)10-18(15)17(12)11-21(24)25;/h2*5-10H,11H2,1-4H3,(H,24,25);/q;;+2/p-2/b2*16-7+;. The van der Waals surface area contributed by atoms with E-state index in [1.54, 1.807) is 36.4 Å². The van der Waals surface area contributed by atoms with E-state index in [0.717, 1.165) is 44.5 Å². The van der Waals surface area contributed by atoms with E-state index in [1.165, 1.54) is 66.9 Å². The van der Waals surface area contributed by atoms with Crippen LogP contribution < -0.4 is 38.6 Å². The molecule has 4 aromatic rings. The van der Waals surface area contributed by atoms with Crippen molar-refractivity contribution in [1.82, 2.24) is 0 Å². The number of ether oxygens (including phenoxy) is 6. The third kappa shape index (κ3) is 9.47. The van der Waals surface area contributed by atoms with Gasteiger partial charge in [-0.05, 0) is 141 Å². The molecule has 2 aliphatic carbocycles. The third-order valence-electron chi connectivity index (χ3n) is 9.55. The van der Waals surface area contributed by atoms with E-state index in [1.807, 2.05) is 26.0 Å². The number of methoxy groups -OCH3 is 6. The molecule has 0 N–H and O–H groups in total. The summed E-state index contributed by atoms with van der Waals surface area (Å²) in [5.74, 6) is -0.294. The first kappa shape index (κ1) is 44.4. The minimum Gasteiger partial charge on any atom is -0.550 e. The van der Waals surface area contributed by atoms with E-state index < -0.39 is 23.6 Å². The number of carbonyl (C=O) groups excluding carboxylic acids is 2. The summed E-state index contributed by atoms with van der Waals surface area (Å²) in [7, 11) is 9.19. The molecule has 57 heavy (non-hydrogen) atoms. The molecule has 0 heterocycles. The molecule has 13 heteroatoms. The van der Waals surface area contributed by atoms with Gasteiger partial charge in [0.15, 0.2) is 23.0 Å². The molecule has 2 aliphatic rings. The number of carboxylic acids is 2. The Hall–Kier alpha value is -5.30. The molecule has 0 amide bonds. The molecule has 0 unspecified atom stereocenters. The van der Waals surface area contributed by atoms with Gasteiger partial charge in [0, 0.05) is 24.8 Å². The van der Waals surface area contributed by atoms with E-state index in [0.29, 0.717) is 56.8 Å². The monoisotopic (exact) mass is 806 g/mol. The zero-order valence-corrected chi connectivity index (χ0v) is 35.1. The van der Waals surface area contributed by atoms with Crippen molar-refractivity contribution >= 4 is 84.1 Å². The summed E-state index contributed by atoms with van der Waals surface area (Å²) in [6, 6.07) is 15.9. The fraction of sp³-hybridized carbons (Fsp3) is 0.227. The fourth-order valence-corrected chi connectivity index (χ4v) is 6.95. The Balaban J connectivity index is 0.000000248. The van der Waals surface area contributed by atoms with Crippen LogP contribution in [-0.2, 0) is 9.59 Å². The summed E-state index contributed by atoms with van der Waals surface area (Å²) in [5, 5.41) is 22.4. The Morgan fingerprint density at radius 3 is 1.11 bits per heavy atom. The minimum atomic E-state index is -1.21. The smallest absolute Gasteiger partial charge is 0.550 e. The number of benzene rings is 4. The van der Waals surface area contributed by atoms with Gasteiger partial charge in [-0.25, -0.2) is 8.78 Å². The zero-order chi connectivity index (χ0) is 40.8. The molecule has 0 spiro atoms. The summed E-state index contributed by atoms with van der Waals surface area (Å²) in [4.78, 5) is 22.4. The van der Waals surface area contributed by atoms with E-state index in [-0.39, 0.29) is 50.6 Å². The van der Waals surface area contributed by atoms with Gasteiger partial charge in [0.1, 0.15) is 11.6 Å². The number of rotatable bonds is 12. The van der Waals surface area contributed by atoms with Gasteiger partial charge in [-0.1, -0.05) is 12.1 Å². The SMILES string of the molecule is COc1cc(/C=C2\C(C)=C(CC(=O)[O-])c3cc(F)ccc32)cc(OC)c1OC.COc1cc(/C=C2\C(C)=C(CC(=O)[O-])c3cc(F)ccc32)cc(OC)c1OC.[Ca+2]. The van der Waals surface area contributed by atoms with E-state index in [9.17, 15) is 28.6 Å². The first-order chi connectivity index (χ1) is 26.8. The number of carboxylic acid groups (broad SMARTS) is 2. The summed E-state index contributed by atoms with van der Waals surface area (Å²) in [6.45, 7) is 3.64. The summed E-state index contributed by atoms with van der Waals surface area (Å²) < 4.78 is 59.8. The second-order valence-corrected chi connectivity index (χ2v) is 12.7. The van der Waals surface area contributed by atoms with Gasteiger partial charge < -0.3 is 48.2 Å². The maximum atomic E-state index is 13.8. The summed E-state index contributed by atoms with van der Waals surface area (Å²) >= 11 is 0. The number of hydrogen-bond donors (Lipinski definition) is 0. The maximum Gasteiger partial charge on any atom is 2.00 e. The molecule has 0 aliphatic heterocycles. The number of hydrogen-bond acceptors (Lipinski definition) is 10. The van der Waals surface area contributed by atoms with Gasteiger partial charge in [0.2, 0.25) is 11.5 Å². The van der Waals surface area contributed by atoms with Crippen LogP contribution in [-0.4, -0.2) is 92.3 Å². The topological polar surface area (TPSA) is 136 Å². The minimum absolute atomic E-state index is 0. The van der Waals surface area contributed by atoms with Crippen LogP contribution in [0.25, 0.3) is 34.4 Å². The van der Waals surface area contributed by atoms with Crippen LogP contribution in [0, 0.1) is 11.6 Å². The van der Waals surface area contributed by atoms with Gasteiger partial charge in [0.05, 0.1) is 42.7 Å². The number of fused-ring (bicyclic) bond motifs is 2. The molecule has 0 radical (unpaired) electrons. The quantitative estimate of drug-likeness (QED) is 0.151. The van der Waals surface area contributed by atoms with Gasteiger partial charge in [-0.2, -0.15) is 0 Å². The molecular formula is C44H40CaF2O10. The van der Waals surface area contributed by atoms with Gasteiger partial charge in [0.25, 0.3) is 0 Å². The number of halogens is 2. The van der Waals surface area contributed by atoms with Crippen molar-refractivity contribution in [2.45, 2.75) is 26.7 Å². The Morgan fingerprint density at radius 2 is 0.842 bits per heavy atom. The molecule has 0 saturated heterocycles. The van der Waals surface area contributed by atoms with E-state index in [2.05, 4.69) is 0 Å². The maximum absolute atomic E-state index is 13.8. The van der Waals surface area contributed by atoms with Gasteiger partial charge in [-0.15, -0.1) is 0 Å². The van der Waals surface area contributed by atoms with E-state index in [4.69, 9.17) is 28.4 Å². The predicted molar refractivity (Wildman–Crippen MR) is 211 cm³/mol. The van der Waals surface area contributed by atoms with Crippen molar-refractivity contribution in [3.8, 4) is 34.5 Å². The van der Waals surface area contributed by atoms with Gasteiger partial charge in [-0.3, -0.25) is 0 Å². The Bertz CT molecular complexity index is 2130. The van der Waals surface area contributed by atoms with Crippen LogP contribution in [0.5, 0.6) is 34.5 Å². The Morgan fingerprint density at radius 1 is 0.526 bits per heavy atom. The molecule has 10 nitrogen and oxygen atoms in total. The van der Waals surface area contributed by atoms with Crippen LogP contribution in [0.4, 0.5) is 8.78 Å². The second-order valence-electron chi connectivity index (χ2n) is 12.7. The van der Waals surface area contributed by atoms with Crippen LogP contribution >= 0.6 is 0 Å². The van der Waals surface area contributed by atoms with Crippen LogP contribution in [0.3, 0.4) is 0 Å². The molecule has 0 fully saturated rings. The number of aliphatic carboxylic acids is 2. The molecule has 6 rings (SSSR count). The van der Waals surface area contributed by atoms with Gasteiger partial charge >= 0.3 is 37.7 Å². The zero-order valence-electron chi connectivity index (χ0n) is 32.9. The molecule has 0 saturated carbocycles. The molecule has 0 bridgehead atoms. The average molecular weight is 807 g/mol. The first-order valence-corrected chi connectivity index (χ1v) is 17.2. The largest absolute Gasteiger partial charge is 2.00 e. The van der Waals surface area contributed by atoms with E-state index >= 15 is 0 Å². The van der Waals surface area contributed by atoms with Crippen molar-refractivity contribution < 1.29 is 57.0 Å². The van der Waals surface area contributed by atoms with Crippen molar-refractivity contribution in [3.63, 3.8) is 0 Å². The first-order valence-electron chi connectivity index (χ1n) is 17.2. The fourth-order valence-electron chi connectivity index (χ4n) is 6.95. The van der Waals surface area contributed by atoms with Crippen molar-refractivity contribution in [1.29, 1.82) is 0 Å². The molecule has 0 aromatic heterocycles. The second kappa shape index (κ2) is 19.2. The van der Waals surface area contributed by atoms with Crippen molar-refractivity contribution in [2.75, 3.05) is 42.7 Å². The molecular weight excluding hydrogens is 767 g/mol.